The van der Waals surface area contributed by atoms with Gasteiger partial charge in [0, 0.05) is 19.1 Å². The summed E-state index contributed by atoms with van der Waals surface area (Å²) in [4.78, 5) is 13.9. The molecule has 0 aliphatic carbocycles. The minimum Gasteiger partial charge on any atom is -0.444 e. The summed E-state index contributed by atoms with van der Waals surface area (Å²) in [7, 11) is 0. The Morgan fingerprint density at radius 2 is 2.22 bits per heavy atom. The summed E-state index contributed by atoms with van der Waals surface area (Å²) >= 11 is 0. The van der Waals surface area contributed by atoms with Crippen molar-refractivity contribution in [3.8, 4) is 6.07 Å². The Balaban J connectivity index is 1.98. The number of hydrogen-bond acceptors (Lipinski definition) is 6. The Morgan fingerprint density at radius 3 is 2.83 bits per heavy atom. The number of rotatable bonds is 3. The van der Waals surface area contributed by atoms with Crippen LogP contribution in [-0.2, 0) is 4.74 Å². The first kappa shape index (κ1) is 17.0. The van der Waals surface area contributed by atoms with Crippen LogP contribution in [0.25, 0.3) is 0 Å². The Morgan fingerprint density at radius 1 is 1.43 bits per heavy atom. The molecule has 1 aliphatic heterocycles. The molecule has 7 nitrogen and oxygen atoms in total. The molecule has 1 amide bonds. The highest BCUT2D eigenvalue weighted by atomic mass is 16.6. The maximum Gasteiger partial charge on any atom is 0.407 e. The Bertz CT molecular complexity index is 574. The monoisotopic (exact) mass is 317 g/mol. The molecule has 0 spiro atoms. The van der Waals surface area contributed by atoms with Gasteiger partial charge in [-0.25, -0.2) is 4.79 Å². The van der Waals surface area contributed by atoms with Crippen molar-refractivity contribution in [2.24, 2.45) is 0 Å². The van der Waals surface area contributed by atoms with Gasteiger partial charge in [0.15, 0.2) is 11.5 Å². The molecule has 1 aliphatic rings. The average Bonchev–Trinajstić information content (AvgIpc) is 2.52. The van der Waals surface area contributed by atoms with E-state index in [4.69, 9.17) is 10.00 Å². The molecule has 1 aromatic heterocycles. The van der Waals surface area contributed by atoms with Crippen LogP contribution in [0.2, 0.25) is 0 Å². The van der Waals surface area contributed by atoms with Crippen molar-refractivity contribution in [1.29, 1.82) is 5.26 Å². The molecule has 0 aromatic carbocycles. The number of piperidine rings is 1. The molecule has 23 heavy (non-hydrogen) atoms. The zero-order chi connectivity index (χ0) is 16.9. The highest BCUT2D eigenvalue weighted by molar-refractivity contribution is 5.67. The lowest BCUT2D eigenvalue weighted by Gasteiger charge is -2.36. The quantitative estimate of drug-likeness (QED) is 0.919. The van der Waals surface area contributed by atoms with Gasteiger partial charge in [0.05, 0.1) is 0 Å². The maximum absolute atomic E-state index is 11.8. The zero-order valence-corrected chi connectivity index (χ0v) is 13.9. The third kappa shape index (κ3) is 5.09. The highest BCUT2D eigenvalue weighted by Crippen LogP contribution is 2.22. The van der Waals surface area contributed by atoms with Crippen molar-refractivity contribution in [3.63, 3.8) is 0 Å². The maximum atomic E-state index is 11.8. The number of nitriles is 1. The number of carbonyl (C=O) groups excluding carboxylic acids is 1. The van der Waals surface area contributed by atoms with Crippen LogP contribution in [0.4, 0.5) is 10.6 Å². The molecule has 2 rings (SSSR count). The van der Waals surface area contributed by atoms with E-state index in [0.717, 1.165) is 31.6 Å². The van der Waals surface area contributed by atoms with E-state index in [0.29, 0.717) is 12.2 Å². The van der Waals surface area contributed by atoms with Gasteiger partial charge < -0.3 is 15.0 Å². The van der Waals surface area contributed by atoms with E-state index in [1.807, 2.05) is 26.8 Å². The Labute approximate surface area is 136 Å². The predicted molar refractivity (Wildman–Crippen MR) is 86.0 cm³/mol. The zero-order valence-electron chi connectivity index (χ0n) is 13.9. The molecule has 1 unspecified atom stereocenters. The van der Waals surface area contributed by atoms with Gasteiger partial charge in [-0.15, -0.1) is 10.2 Å². The molecule has 0 bridgehead atoms. The van der Waals surface area contributed by atoms with Crippen molar-refractivity contribution in [2.75, 3.05) is 18.0 Å². The van der Waals surface area contributed by atoms with Crippen LogP contribution in [0.15, 0.2) is 12.1 Å². The normalized spacial score (nSPS) is 18.2. The first-order chi connectivity index (χ1) is 10.9. The average molecular weight is 317 g/mol. The first-order valence-corrected chi connectivity index (χ1v) is 7.86. The van der Waals surface area contributed by atoms with E-state index in [2.05, 4.69) is 20.4 Å². The molecule has 0 radical (unpaired) electrons. The number of alkyl carbamates (subject to hydrolysis) is 1. The van der Waals surface area contributed by atoms with Crippen LogP contribution in [0.1, 0.15) is 45.7 Å². The van der Waals surface area contributed by atoms with E-state index >= 15 is 0 Å². The van der Waals surface area contributed by atoms with E-state index in [1.165, 1.54) is 0 Å². The second-order valence-corrected chi connectivity index (χ2v) is 6.61. The summed E-state index contributed by atoms with van der Waals surface area (Å²) in [5.74, 6) is 0.736. The lowest BCUT2D eigenvalue weighted by atomic mass is 10.0. The number of aromatic nitrogens is 2. The highest BCUT2D eigenvalue weighted by Gasteiger charge is 2.25. The van der Waals surface area contributed by atoms with Gasteiger partial charge in [-0.2, -0.15) is 5.26 Å². The summed E-state index contributed by atoms with van der Waals surface area (Å²) in [6.07, 6.45) is 2.75. The van der Waals surface area contributed by atoms with Gasteiger partial charge in [0.2, 0.25) is 0 Å². The van der Waals surface area contributed by atoms with Crippen molar-refractivity contribution in [1.82, 2.24) is 15.5 Å². The SMILES string of the molecule is CC(C)(C)OC(=O)NCC1CCCCN1c1ccc(C#N)nn1. The number of nitrogens with zero attached hydrogens (tertiary/aromatic N) is 4. The molecule has 1 atom stereocenters. The van der Waals surface area contributed by atoms with Gasteiger partial charge >= 0.3 is 6.09 Å². The number of ether oxygens (including phenoxy) is 1. The van der Waals surface area contributed by atoms with Crippen LogP contribution < -0.4 is 10.2 Å². The third-order valence-corrected chi connectivity index (χ3v) is 3.57. The number of nitrogens with one attached hydrogen (secondary N) is 1. The fourth-order valence-electron chi connectivity index (χ4n) is 2.57. The van der Waals surface area contributed by atoms with Crippen molar-refractivity contribution < 1.29 is 9.53 Å². The number of carbonyl (C=O) groups is 1. The van der Waals surface area contributed by atoms with E-state index < -0.39 is 11.7 Å². The van der Waals surface area contributed by atoms with E-state index in [1.54, 1.807) is 12.1 Å². The lowest BCUT2D eigenvalue weighted by Crippen LogP contribution is -2.48. The molecule has 124 valence electrons. The molecule has 2 heterocycles. The van der Waals surface area contributed by atoms with Crippen molar-refractivity contribution in [2.45, 2.75) is 51.7 Å². The Hall–Kier alpha value is -2.36. The topological polar surface area (TPSA) is 91.1 Å². The first-order valence-electron chi connectivity index (χ1n) is 7.86. The predicted octanol–water partition coefficient (Wildman–Crippen LogP) is 2.23. The van der Waals surface area contributed by atoms with Crippen LogP contribution in [-0.4, -0.2) is 41.0 Å². The van der Waals surface area contributed by atoms with Crippen molar-refractivity contribution in [3.05, 3.63) is 17.8 Å². The summed E-state index contributed by atoms with van der Waals surface area (Å²) < 4.78 is 5.27. The number of amides is 1. The van der Waals surface area contributed by atoms with Crippen LogP contribution in [0, 0.1) is 11.3 Å². The Kier molecular flexibility index (Phi) is 5.37. The number of hydrogen-bond donors (Lipinski definition) is 1. The summed E-state index contributed by atoms with van der Waals surface area (Å²) in [6.45, 7) is 6.88. The molecule has 7 heteroatoms. The van der Waals surface area contributed by atoms with Crippen LogP contribution in [0.3, 0.4) is 0 Å². The molecule has 1 saturated heterocycles. The van der Waals surface area contributed by atoms with E-state index in [9.17, 15) is 4.79 Å². The molecule has 1 N–H and O–H groups in total. The lowest BCUT2D eigenvalue weighted by molar-refractivity contribution is 0.0523. The molecule has 1 aromatic rings. The summed E-state index contributed by atoms with van der Waals surface area (Å²) in [5, 5.41) is 19.6. The van der Waals surface area contributed by atoms with Crippen LogP contribution >= 0.6 is 0 Å². The van der Waals surface area contributed by atoms with Gasteiger partial charge in [-0.1, -0.05) is 0 Å². The van der Waals surface area contributed by atoms with Gasteiger partial charge in [0.25, 0.3) is 0 Å². The van der Waals surface area contributed by atoms with Gasteiger partial charge in [0.1, 0.15) is 11.7 Å². The number of anilines is 1. The molecule has 1 fully saturated rings. The van der Waals surface area contributed by atoms with Gasteiger partial charge in [-0.3, -0.25) is 0 Å². The van der Waals surface area contributed by atoms with E-state index in [-0.39, 0.29) is 6.04 Å². The van der Waals surface area contributed by atoms with Gasteiger partial charge in [-0.05, 0) is 52.2 Å². The summed E-state index contributed by atoms with van der Waals surface area (Å²) in [6, 6.07) is 5.58. The molecular weight excluding hydrogens is 294 g/mol. The second kappa shape index (κ2) is 7.27. The smallest absolute Gasteiger partial charge is 0.407 e. The minimum atomic E-state index is -0.505. The van der Waals surface area contributed by atoms with Crippen LogP contribution in [0.5, 0.6) is 0 Å². The second-order valence-electron chi connectivity index (χ2n) is 6.61. The standard InChI is InChI=1S/C16H23N5O2/c1-16(2,3)23-15(22)18-11-13-6-4-5-9-21(13)14-8-7-12(10-17)19-20-14/h7-8,13H,4-6,9,11H2,1-3H3,(H,18,22). The fraction of sp³-hybridized carbons (Fsp3) is 0.625. The fourth-order valence-corrected chi connectivity index (χ4v) is 2.57. The molecule has 0 saturated carbocycles. The largest absolute Gasteiger partial charge is 0.444 e. The molecular formula is C16H23N5O2. The minimum absolute atomic E-state index is 0.151. The third-order valence-electron chi connectivity index (χ3n) is 3.57. The summed E-state index contributed by atoms with van der Waals surface area (Å²) in [5.41, 5.74) is -0.205. The van der Waals surface area contributed by atoms with Crippen molar-refractivity contribution >= 4 is 11.9 Å².